The van der Waals surface area contributed by atoms with Gasteiger partial charge in [-0.1, -0.05) is 137 Å². The molecule has 7 aromatic rings. The van der Waals surface area contributed by atoms with Crippen LogP contribution in [0.1, 0.15) is 50.7 Å². The Morgan fingerprint density at radius 3 is 1.05 bits per heavy atom. The molecule has 184 valence electrons. The maximum Gasteiger partial charge on any atom is -0.00201 e. The van der Waals surface area contributed by atoms with Gasteiger partial charge in [0.2, 0.25) is 0 Å². The molecule has 0 spiro atoms. The van der Waals surface area contributed by atoms with Crippen LogP contribution in [0.15, 0.2) is 109 Å². The van der Waals surface area contributed by atoms with E-state index >= 15 is 0 Å². The molecule has 0 N–H and O–H groups in total. The number of hydrogen-bond acceptors (Lipinski definition) is 0. The summed E-state index contributed by atoms with van der Waals surface area (Å²) in [4.78, 5) is 0. The zero-order chi connectivity index (χ0) is 26.0. The predicted octanol–water partition coefficient (Wildman–Crippen LogP) is 11.3. The molecule has 0 unspecified atom stereocenters. The Labute approximate surface area is 224 Å². The van der Waals surface area contributed by atoms with Crippen molar-refractivity contribution in [1.29, 1.82) is 0 Å². The van der Waals surface area contributed by atoms with Crippen molar-refractivity contribution in [2.24, 2.45) is 0 Å². The lowest BCUT2D eigenvalue weighted by Gasteiger charge is -2.18. The van der Waals surface area contributed by atoms with Gasteiger partial charge in [-0.05, 0) is 88.3 Å². The van der Waals surface area contributed by atoms with E-state index in [1.165, 1.54) is 76.5 Å². The first-order chi connectivity index (χ1) is 18.5. The van der Waals surface area contributed by atoms with Crippen LogP contribution in [0.3, 0.4) is 0 Å². The van der Waals surface area contributed by atoms with Crippen LogP contribution in [0.5, 0.6) is 0 Å². The fraction of sp³-hybridized carbons (Fsp3) is 0.158. The first-order valence-corrected chi connectivity index (χ1v) is 13.8. The summed E-state index contributed by atoms with van der Waals surface area (Å²) in [7, 11) is 0. The molecule has 0 atom stereocenters. The van der Waals surface area contributed by atoms with Crippen molar-refractivity contribution in [2.75, 3.05) is 0 Å². The molecule has 0 aromatic heterocycles. The molecule has 0 heterocycles. The molecular formula is C38H32. The third-order valence-electron chi connectivity index (χ3n) is 8.44. The lowest BCUT2D eigenvalue weighted by Crippen LogP contribution is -1.91. The molecule has 0 aliphatic carbocycles. The van der Waals surface area contributed by atoms with Crippen LogP contribution in [0.25, 0.3) is 65.3 Å². The Morgan fingerprint density at radius 1 is 0.342 bits per heavy atom. The van der Waals surface area contributed by atoms with Crippen LogP contribution in [-0.2, 0) is 0 Å². The summed E-state index contributed by atoms with van der Waals surface area (Å²) in [5.74, 6) is 1.07. The molecule has 0 fully saturated rings. The van der Waals surface area contributed by atoms with Crippen LogP contribution in [0, 0.1) is 0 Å². The van der Waals surface area contributed by atoms with Crippen molar-refractivity contribution in [3.8, 4) is 22.3 Å². The smallest absolute Gasteiger partial charge is 0.00201 e. The van der Waals surface area contributed by atoms with Crippen LogP contribution in [-0.4, -0.2) is 0 Å². The number of rotatable bonds is 4. The van der Waals surface area contributed by atoms with Gasteiger partial charge in [0.1, 0.15) is 0 Å². The van der Waals surface area contributed by atoms with E-state index in [0.717, 1.165) is 0 Å². The van der Waals surface area contributed by atoms with Crippen molar-refractivity contribution >= 4 is 43.1 Å². The highest BCUT2D eigenvalue weighted by atomic mass is 14.2. The van der Waals surface area contributed by atoms with Gasteiger partial charge in [-0.3, -0.25) is 0 Å². The SMILES string of the molecule is CC(C)c1ccc(-c2ccc3c4cccc5c(-c6ccc(C(C)C)cc6)ccc(c6cccc2c63)c54)cc1. The molecular weight excluding hydrogens is 456 g/mol. The molecule has 0 amide bonds. The fourth-order valence-electron chi connectivity index (χ4n) is 6.31. The van der Waals surface area contributed by atoms with Gasteiger partial charge in [0.25, 0.3) is 0 Å². The van der Waals surface area contributed by atoms with Gasteiger partial charge in [-0.2, -0.15) is 0 Å². The van der Waals surface area contributed by atoms with E-state index in [1.54, 1.807) is 0 Å². The lowest BCUT2D eigenvalue weighted by atomic mass is 9.85. The zero-order valence-electron chi connectivity index (χ0n) is 22.5. The molecule has 38 heavy (non-hydrogen) atoms. The highest BCUT2D eigenvalue weighted by molar-refractivity contribution is 6.35. The average molecular weight is 489 g/mol. The van der Waals surface area contributed by atoms with E-state index in [0.29, 0.717) is 11.8 Å². The Kier molecular flexibility index (Phi) is 5.27. The molecule has 0 bridgehead atoms. The van der Waals surface area contributed by atoms with Gasteiger partial charge in [0.15, 0.2) is 0 Å². The quantitative estimate of drug-likeness (QED) is 0.171. The van der Waals surface area contributed by atoms with Gasteiger partial charge in [-0.15, -0.1) is 0 Å². The average Bonchev–Trinajstić information content (AvgIpc) is 2.95. The van der Waals surface area contributed by atoms with Crippen molar-refractivity contribution in [2.45, 2.75) is 39.5 Å². The summed E-state index contributed by atoms with van der Waals surface area (Å²) in [6.07, 6.45) is 0. The molecule has 0 saturated heterocycles. The maximum absolute atomic E-state index is 2.35. The molecule has 7 aromatic carbocycles. The van der Waals surface area contributed by atoms with Crippen molar-refractivity contribution < 1.29 is 0 Å². The summed E-state index contributed by atoms with van der Waals surface area (Å²) in [5, 5.41) is 10.7. The molecule has 0 saturated carbocycles. The molecule has 0 aliphatic rings. The second-order valence-corrected chi connectivity index (χ2v) is 11.3. The van der Waals surface area contributed by atoms with E-state index < -0.39 is 0 Å². The lowest BCUT2D eigenvalue weighted by molar-refractivity contribution is 0.867. The molecule has 0 aliphatic heterocycles. The van der Waals surface area contributed by atoms with Crippen LogP contribution < -0.4 is 0 Å². The fourth-order valence-corrected chi connectivity index (χ4v) is 6.31. The Hall–Kier alpha value is -4.16. The summed E-state index contributed by atoms with van der Waals surface area (Å²) < 4.78 is 0. The topological polar surface area (TPSA) is 0 Å². The largest absolute Gasteiger partial charge is 0.0610 e. The Bertz CT molecular complexity index is 1770. The summed E-state index contributed by atoms with van der Waals surface area (Å²) >= 11 is 0. The highest BCUT2D eigenvalue weighted by Crippen LogP contribution is 2.45. The minimum absolute atomic E-state index is 0.537. The van der Waals surface area contributed by atoms with Gasteiger partial charge in [0, 0.05) is 0 Å². The summed E-state index contributed by atoms with van der Waals surface area (Å²) in [6, 6.07) is 41.3. The van der Waals surface area contributed by atoms with E-state index in [9.17, 15) is 0 Å². The van der Waals surface area contributed by atoms with Crippen molar-refractivity contribution in [3.05, 3.63) is 120 Å². The number of benzene rings is 7. The number of fused-ring (bicyclic) bond motifs is 2. The van der Waals surface area contributed by atoms with E-state index in [-0.39, 0.29) is 0 Å². The maximum atomic E-state index is 2.35. The standard InChI is InChI=1S/C38H32/c1-23(2)25-11-15-27(16-12-25)29-19-21-35-34-10-6-8-32-30(28-17-13-26(14-18-28)24(3)4)20-22-36(38(32)34)33-9-5-7-31(29)37(33)35/h5-24H,1-4H3. The first kappa shape index (κ1) is 23.0. The minimum Gasteiger partial charge on any atom is -0.0610 e. The highest BCUT2D eigenvalue weighted by Gasteiger charge is 2.17. The monoisotopic (exact) mass is 488 g/mol. The first-order valence-electron chi connectivity index (χ1n) is 13.8. The molecule has 0 nitrogen and oxygen atoms in total. The number of hydrogen-bond donors (Lipinski definition) is 0. The Balaban J connectivity index is 1.50. The second-order valence-electron chi connectivity index (χ2n) is 11.3. The van der Waals surface area contributed by atoms with Crippen molar-refractivity contribution in [3.63, 3.8) is 0 Å². The van der Waals surface area contributed by atoms with E-state index in [1.807, 2.05) is 0 Å². The van der Waals surface area contributed by atoms with Crippen LogP contribution >= 0.6 is 0 Å². The normalized spacial score (nSPS) is 12.2. The third kappa shape index (κ3) is 3.44. The Morgan fingerprint density at radius 2 is 0.684 bits per heavy atom. The predicted molar refractivity (Wildman–Crippen MR) is 167 cm³/mol. The second kappa shape index (κ2) is 8.71. The third-order valence-corrected chi connectivity index (χ3v) is 8.44. The van der Waals surface area contributed by atoms with Gasteiger partial charge in [0.05, 0.1) is 0 Å². The van der Waals surface area contributed by atoms with E-state index in [2.05, 4.69) is 137 Å². The van der Waals surface area contributed by atoms with Gasteiger partial charge >= 0.3 is 0 Å². The summed E-state index contributed by atoms with van der Waals surface area (Å²) in [6.45, 7) is 9.01. The molecule has 0 radical (unpaired) electrons. The van der Waals surface area contributed by atoms with Gasteiger partial charge in [-0.25, -0.2) is 0 Å². The van der Waals surface area contributed by atoms with Crippen LogP contribution in [0.4, 0.5) is 0 Å². The van der Waals surface area contributed by atoms with Gasteiger partial charge < -0.3 is 0 Å². The minimum atomic E-state index is 0.537. The summed E-state index contributed by atoms with van der Waals surface area (Å²) in [5.41, 5.74) is 7.93. The molecule has 0 heteroatoms. The van der Waals surface area contributed by atoms with Crippen molar-refractivity contribution in [1.82, 2.24) is 0 Å². The van der Waals surface area contributed by atoms with E-state index in [4.69, 9.17) is 0 Å². The van der Waals surface area contributed by atoms with Crippen LogP contribution in [0.2, 0.25) is 0 Å². The molecule has 7 rings (SSSR count). The zero-order valence-corrected chi connectivity index (χ0v) is 22.5.